The summed E-state index contributed by atoms with van der Waals surface area (Å²) in [5.74, 6) is 2.73. The number of para-hydroxylation sites is 1. The number of fused-ring (bicyclic) bond motifs is 1. The van der Waals surface area contributed by atoms with E-state index in [0.29, 0.717) is 6.54 Å². The van der Waals surface area contributed by atoms with Gasteiger partial charge in [-0.15, -0.1) is 24.0 Å². The summed E-state index contributed by atoms with van der Waals surface area (Å²) < 4.78 is 11.0. The molecule has 0 spiro atoms. The fourth-order valence-electron chi connectivity index (χ4n) is 3.06. The molecular formula is C21H28IN3O2. The Labute approximate surface area is 178 Å². The molecule has 2 aromatic carbocycles. The Morgan fingerprint density at radius 3 is 2.85 bits per heavy atom. The first-order chi connectivity index (χ1) is 12.8. The third kappa shape index (κ3) is 6.02. The average molecular weight is 481 g/mol. The molecule has 5 nitrogen and oxygen atoms in total. The lowest BCUT2D eigenvalue weighted by molar-refractivity contribution is 0.357. The first kappa shape index (κ1) is 21.3. The van der Waals surface area contributed by atoms with E-state index in [-0.39, 0.29) is 24.0 Å². The second kappa shape index (κ2) is 11.0. The van der Waals surface area contributed by atoms with Gasteiger partial charge in [0.1, 0.15) is 11.5 Å². The fourth-order valence-corrected chi connectivity index (χ4v) is 3.06. The topological polar surface area (TPSA) is 54.9 Å². The Hall–Kier alpha value is -1.96. The summed E-state index contributed by atoms with van der Waals surface area (Å²) in [7, 11) is 1.69. The summed E-state index contributed by atoms with van der Waals surface area (Å²) in [6.45, 7) is 5.11. The lowest BCUT2D eigenvalue weighted by Crippen LogP contribution is -2.38. The van der Waals surface area contributed by atoms with E-state index < -0.39 is 0 Å². The molecule has 1 heterocycles. The Balaban J connectivity index is 0.00000261. The van der Waals surface area contributed by atoms with Crippen molar-refractivity contribution in [1.82, 2.24) is 10.6 Å². The van der Waals surface area contributed by atoms with Gasteiger partial charge in [0.2, 0.25) is 0 Å². The molecule has 6 heteroatoms. The van der Waals surface area contributed by atoms with Crippen molar-refractivity contribution in [1.29, 1.82) is 0 Å². The van der Waals surface area contributed by atoms with E-state index in [1.807, 2.05) is 24.3 Å². The van der Waals surface area contributed by atoms with Gasteiger partial charge in [0.05, 0.1) is 20.3 Å². The second-order valence-electron chi connectivity index (χ2n) is 6.22. The number of nitrogens with zero attached hydrogens (tertiary/aromatic N) is 1. The molecule has 0 aromatic heterocycles. The van der Waals surface area contributed by atoms with Gasteiger partial charge in [-0.1, -0.05) is 30.3 Å². The highest BCUT2D eigenvalue weighted by molar-refractivity contribution is 14.0. The summed E-state index contributed by atoms with van der Waals surface area (Å²) in [6, 6.07) is 14.5. The van der Waals surface area contributed by atoms with Gasteiger partial charge in [-0.3, -0.25) is 0 Å². The SMILES string of the molecule is CCNC(=NCc1ccccc1OC)NCCc1ccc2c(c1)CCO2.I. The highest BCUT2D eigenvalue weighted by atomic mass is 127. The Morgan fingerprint density at radius 1 is 1.19 bits per heavy atom. The summed E-state index contributed by atoms with van der Waals surface area (Å²) in [5.41, 5.74) is 3.72. The summed E-state index contributed by atoms with van der Waals surface area (Å²) in [4.78, 5) is 4.68. The predicted molar refractivity (Wildman–Crippen MR) is 121 cm³/mol. The van der Waals surface area contributed by atoms with Crippen LogP contribution in [0.1, 0.15) is 23.6 Å². The molecule has 0 saturated heterocycles. The monoisotopic (exact) mass is 481 g/mol. The fraction of sp³-hybridized carbons (Fsp3) is 0.381. The molecule has 0 atom stereocenters. The van der Waals surface area contributed by atoms with Crippen LogP contribution < -0.4 is 20.1 Å². The summed E-state index contributed by atoms with van der Waals surface area (Å²) in [5, 5.41) is 6.71. The normalized spacial score (nSPS) is 12.6. The van der Waals surface area contributed by atoms with Gasteiger partial charge in [0, 0.05) is 25.1 Å². The molecule has 2 aromatic rings. The van der Waals surface area contributed by atoms with E-state index >= 15 is 0 Å². The molecule has 27 heavy (non-hydrogen) atoms. The number of rotatable bonds is 7. The molecule has 3 rings (SSSR count). The lowest BCUT2D eigenvalue weighted by Gasteiger charge is -2.12. The highest BCUT2D eigenvalue weighted by Gasteiger charge is 2.11. The van der Waals surface area contributed by atoms with Gasteiger partial charge in [0.25, 0.3) is 0 Å². The molecule has 0 amide bonds. The van der Waals surface area contributed by atoms with Crippen LogP contribution in [0.4, 0.5) is 0 Å². The van der Waals surface area contributed by atoms with E-state index in [1.165, 1.54) is 11.1 Å². The van der Waals surface area contributed by atoms with Crippen molar-refractivity contribution in [2.75, 3.05) is 26.8 Å². The number of aliphatic imine (C=N–C) groups is 1. The van der Waals surface area contributed by atoms with Gasteiger partial charge < -0.3 is 20.1 Å². The van der Waals surface area contributed by atoms with E-state index in [4.69, 9.17) is 9.47 Å². The third-order valence-corrected chi connectivity index (χ3v) is 4.40. The van der Waals surface area contributed by atoms with Crippen molar-refractivity contribution in [3.8, 4) is 11.5 Å². The predicted octanol–water partition coefficient (Wildman–Crippen LogP) is 3.55. The van der Waals surface area contributed by atoms with Crippen LogP contribution in [0.2, 0.25) is 0 Å². The molecule has 1 aliphatic rings. The lowest BCUT2D eigenvalue weighted by atomic mass is 10.1. The molecular weight excluding hydrogens is 453 g/mol. The molecule has 0 saturated carbocycles. The standard InChI is InChI=1S/C21H27N3O2.HI/c1-3-22-21(24-15-18-6-4-5-7-19(18)25-2)23-12-10-16-8-9-20-17(14-16)11-13-26-20;/h4-9,14H,3,10-13,15H2,1-2H3,(H2,22,23,24);1H. The number of halogens is 1. The molecule has 0 bridgehead atoms. The zero-order valence-corrected chi connectivity index (χ0v) is 18.3. The maximum atomic E-state index is 5.57. The minimum absolute atomic E-state index is 0. The molecule has 2 N–H and O–H groups in total. The Bertz CT molecular complexity index is 765. The number of hydrogen-bond acceptors (Lipinski definition) is 3. The first-order valence-corrected chi connectivity index (χ1v) is 9.19. The smallest absolute Gasteiger partial charge is 0.191 e. The van der Waals surface area contributed by atoms with E-state index in [2.05, 4.69) is 40.7 Å². The number of nitrogens with one attached hydrogen (secondary N) is 2. The maximum absolute atomic E-state index is 5.57. The summed E-state index contributed by atoms with van der Waals surface area (Å²) >= 11 is 0. The quantitative estimate of drug-likeness (QED) is 0.361. The van der Waals surface area contributed by atoms with Crippen molar-refractivity contribution < 1.29 is 9.47 Å². The van der Waals surface area contributed by atoms with Crippen LogP contribution >= 0.6 is 24.0 Å². The molecule has 0 fully saturated rings. The largest absolute Gasteiger partial charge is 0.496 e. The molecule has 0 unspecified atom stereocenters. The van der Waals surface area contributed by atoms with Crippen LogP contribution in [0.25, 0.3) is 0 Å². The molecule has 146 valence electrons. The number of guanidine groups is 1. The van der Waals surface area contributed by atoms with Crippen molar-refractivity contribution in [2.24, 2.45) is 4.99 Å². The van der Waals surface area contributed by atoms with Crippen LogP contribution in [0.3, 0.4) is 0 Å². The van der Waals surface area contributed by atoms with Gasteiger partial charge >= 0.3 is 0 Å². The summed E-state index contributed by atoms with van der Waals surface area (Å²) in [6.07, 6.45) is 1.96. The van der Waals surface area contributed by atoms with Gasteiger partial charge in [-0.05, 0) is 36.6 Å². The van der Waals surface area contributed by atoms with Crippen molar-refractivity contribution >= 4 is 29.9 Å². The van der Waals surface area contributed by atoms with Crippen LogP contribution in [0, 0.1) is 0 Å². The van der Waals surface area contributed by atoms with Gasteiger partial charge in [0.15, 0.2) is 5.96 Å². The number of methoxy groups -OCH3 is 1. The van der Waals surface area contributed by atoms with Crippen LogP contribution in [-0.4, -0.2) is 32.8 Å². The average Bonchev–Trinajstić information content (AvgIpc) is 3.14. The minimum Gasteiger partial charge on any atom is -0.496 e. The molecule has 0 radical (unpaired) electrons. The Morgan fingerprint density at radius 2 is 2.04 bits per heavy atom. The zero-order chi connectivity index (χ0) is 18.2. The highest BCUT2D eigenvalue weighted by Crippen LogP contribution is 2.25. The van der Waals surface area contributed by atoms with Crippen molar-refractivity contribution in [2.45, 2.75) is 26.3 Å². The van der Waals surface area contributed by atoms with E-state index in [1.54, 1.807) is 7.11 Å². The van der Waals surface area contributed by atoms with Crippen LogP contribution in [-0.2, 0) is 19.4 Å². The molecule has 0 aliphatic carbocycles. The van der Waals surface area contributed by atoms with E-state index in [9.17, 15) is 0 Å². The minimum atomic E-state index is 0. The third-order valence-electron chi connectivity index (χ3n) is 4.40. The van der Waals surface area contributed by atoms with Crippen LogP contribution in [0.15, 0.2) is 47.5 Å². The van der Waals surface area contributed by atoms with Crippen LogP contribution in [0.5, 0.6) is 11.5 Å². The zero-order valence-electron chi connectivity index (χ0n) is 16.0. The number of ether oxygens (including phenoxy) is 2. The second-order valence-corrected chi connectivity index (χ2v) is 6.22. The van der Waals surface area contributed by atoms with Gasteiger partial charge in [-0.25, -0.2) is 4.99 Å². The Kier molecular flexibility index (Phi) is 8.71. The number of benzene rings is 2. The maximum Gasteiger partial charge on any atom is 0.191 e. The van der Waals surface area contributed by atoms with E-state index in [0.717, 1.165) is 55.6 Å². The number of hydrogen-bond donors (Lipinski definition) is 2. The van der Waals surface area contributed by atoms with Crippen molar-refractivity contribution in [3.63, 3.8) is 0 Å². The van der Waals surface area contributed by atoms with Gasteiger partial charge in [-0.2, -0.15) is 0 Å². The molecule has 1 aliphatic heterocycles. The van der Waals surface area contributed by atoms with Crippen molar-refractivity contribution in [3.05, 3.63) is 59.2 Å². The first-order valence-electron chi connectivity index (χ1n) is 9.19.